The maximum atomic E-state index is 12.7. The molecule has 1 amide bonds. The summed E-state index contributed by atoms with van der Waals surface area (Å²) in [6, 6.07) is 8.50. The summed E-state index contributed by atoms with van der Waals surface area (Å²) in [5, 5.41) is 2.48. The van der Waals surface area contributed by atoms with Gasteiger partial charge in [-0.1, -0.05) is 6.07 Å². The van der Waals surface area contributed by atoms with Crippen molar-refractivity contribution in [1.29, 1.82) is 0 Å². The highest BCUT2D eigenvalue weighted by molar-refractivity contribution is 7.92. The van der Waals surface area contributed by atoms with E-state index in [1.54, 1.807) is 6.92 Å². The number of hydrogen-bond acceptors (Lipinski definition) is 3. The lowest BCUT2D eigenvalue weighted by Gasteiger charge is -2.12. The van der Waals surface area contributed by atoms with Crippen molar-refractivity contribution in [3.63, 3.8) is 0 Å². The summed E-state index contributed by atoms with van der Waals surface area (Å²) in [4.78, 5) is 12.1. The van der Waals surface area contributed by atoms with Gasteiger partial charge in [0.2, 0.25) is 10.0 Å². The molecule has 0 aromatic heterocycles. The molecule has 2 N–H and O–H groups in total. The van der Waals surface area contributed by atoms with Crippen molar-refractivity contribution in [3.8, 4) is 0 Å². The first-order valence-corrected chi connectivity index (χ1v) is 8.92. The lowest BCUT2D eigenvalue weighted by Crippen LogP contribution is -2.14. The number of hydrogen-bond donors (Lipinski definition) is 2. The Labute approximate surface area is 142 Å². The van der Waals surface area contributed by atoms with Crippen LogP contribution in [0.5, 0.6) is 0 Å². The number of amides is 1. The molecule has 0 saturated heterocycles. The van der Waals surface area contributed by atoms with Crippen LogP contribution < -0.4 is 10.0 Å². The fourth-order valence-corrected chi connectivity index (χ4v) is 2.72. The minimum atomic E-state index is -4.54. The quantitative estimate of drug-likeness (QED) is 0.860. The highest BCUT2D eigenvalue weighted by Crippen LogP contribution is 2.29. The van der Waals surface area contributed by atoms with Gasteiger partial charge in [-0.15, -0.1) is 0 Å². The Morgan fingerprint density at radius 2 is 1.76 bits per heavy atom. The SMILES string of the molecule is Cc1cc(NC(=O)c2cccc(C(F)(F)F)c2)ccc1NS(C)(=O)=O. The fraction of sp³-hybridized carbons (Fsp3) is 0.188. The van der Waals surface area contributed by atoms with Crippen LogP contribution in [0.1, 0.15) is 21.5 Å². The van der Waals surface area contributed by atoms with Crippen LogP contribution in [0.15, 0.2) is 42.5 Å². The minimum absolute atomic E-state index is 0.134. The van der Waals surface area contributed by atoms with Gasteiger partial charge in [-0.25, -0.2) is 8.42 Å². The van der Waals surface area contributed by atoms with Crippen LogP contribution in [0.4, 0.5) is 24.5 Å². The molecule has 0 aliphatic rings. The molecule has 0 radical (unpaired) electrons. The van der Waals surface area contributed by atoms with Gasteiger partial charge in [-0.3, -0.25) is 9.52 Å². The normalized spacial score (nSPS) is 11.9. The van der Waals surface area contributed by atoms with Crippen molar-refractivity contribution in [1.82, 2.24) is 0 Å². The van der Waals surface area contributed by atoms with Crippen molar-refractivity contribution in [3.05, 3.63) is 59.2 Å². The van der Waals surface area contributed by atoms with Crippen LogP contribution in [-0.4, -0.2) is 20.6 Å². The lowest BCUT2D eigenvalue weighted by molar-refractivity contribution is -0.137. The maximum absolute atomic E-state index is 12.7. The van der Waals surface area contributed by atoms with Gasteiger partial charge in [0, 0.05) is 11.3 Å². The van der Waals surface area contributed by atoms with Crippen LogP contribution >= 0.6 is 0 Å². The zero-order valence-corrected chi connectivity index (χ0v) is 14.1. The molecule has 0 aliphatic carbocycles. The topological polar surface area (TPSA) is 75.3 Å². The Balaban J connectivity index is 2.20. The first-order chi connectivity index (χ1) is 11.5. The van der Waals surface area contributed by atoms with E-state index in [0.29, 0.717) is 16.9 Å². The third-order valence-electron chi connectivity index (χ3n) is 3.23. The van der Waals surface area contributed by atoms with E-state index in [2.05, 4.69) is 10.0 Å². The highest BCUT2D eigenvalue weighted by Gasteiger charge is 2.30. The Hall–Kier alpha value is -2.55. The Kier molecular flexibility index (Phi) is 5.07. The van der Waals surface area contributed by atoms with Crippen molar-refractivity contribution in [2.24, 2.45) is 0 Å². The molecule has 2 aromatic carbocycles. The van der Waals surface area contributed by atoms with E-state index in [1.165, 1.54) is 24.3 Å². The number of carbonyl (C=O) groups is 1. The number of alkyl halides is 3. The second-order valence-corrected chi connectivity index (χ2v) is 7.19. The molecule has 0 aliphatic heterocycles. The molecular formula is C16H15F3N2O3S. The first kappa shape index (κ1) is 18.8. The summed E-state index contributed by atoms with van der Waals surface area (Å²) in [5.74, 6) is -0.700. The molecular weight excluding hydrogens is 357 g/mol. The van der Waals surface area contributed by atoms with E-state index < -0.39 is 27.7 Å². The molecule has 0 bridgehead atoms. The van der Waals surface area contributed by atoms with Crippen LogP contribution in [0.25, 0.3) is 0 Å². The van der Waals surface area contributed by atoms with Gasteiger partial charge >= 0.3 is 6.18 Å². The molecule has 0 unspecified atom stereocenters. The summed E-state index contributed by atoms with van der Waals surface area (Å²) < 4.78 is 62.9. The van der Waals surface area contributed by atoms with Crippen LogP contribution in [-0.2, 0) is 16.2 Å². The molecule has 134 valence electrons. The number of anilines is 2. The van der Waals surface area contributed by atoms with Gasteiger partial charge in [0.05, 0.1) is 17.5 Å². The molecule has 0 saturated carbocycles. The van der Waals surface area contributed by atoms with Crippen molar-refractivity contribution in [2.45, 2.75) is 13.1 Å². The van der Waals surface area contributed by atoms with Gasteiger partial charge in [-0.2, -0.15) is 13.2 Å². The van der Waals surface area contributed by atoms with Crippen molar-refractivity contribution in [2.75, 3.05) is 16.3 Å². The molecule has 2 rings (SSSR count). The maximum Gasteiger partial charge on any atom is 0.416 e. The molecule has 0 atom stereocenters. The van der Waals surface area contributed by atoms with Gasteiger partial charge in [-0.05, 0) is 48.9 Å². The van der Waals surface area contributed by atoms with E-state index >= 15 is 0 Å². The summed E-state index contributed by atoms with van der Waals surface area (Å²) in [7, 11) is -3.44. The number of sulfonamides is 1. The summed E-state index contributed by atoms with van der Waals surface area (Å²) in [6.45, 7) is 1.63. The molecule has 0 spiro atoms. The van der Waals surface area contributed by atoms with E-state index in [1.807, 2.05) is 0 Å². The number of rotatable bonds is 4. The Morgan fingerprint density at radius 1 is 1.08 bits per heavy atom. The Bertz CT molecular complexity index is 909. The fourth-order valence-electron chi connectivity index (χ4n) is 2.10. The second kappa shape index (κ2) is 6.75. The zero-order valence-electron chi connectivity index (χ0n) is 13.3. The van der Waals surface area contributed by atoms with Gasteiger partial charge in [0.25, 0.3) is 5.91 Å². The number of carbonyl (C=O) groups excluding carboxylic acids is 1. The largest absolute Gasteiger partial charge is 0.416 e. The van der Waals surface area contributed by atoms with Gasteiger partial charge in [0.15, 0.2) is 0 Å². The van der Waals surface area contributed by atoms with Crippen LogP contribution in [0.2, 0.25) is 0 Å². The monoisotopic (exact) mass is 372 g/mol. The highest BCUT2D eigenvalue weighted by atomic mass is 32.2. The minimum Gasteiger partial charge on any atom is -0.322 e. The van der Waals surface area contributed by atoms with Gasteiger partial charge < -0.3 is 5.32 Å². The van der Waals surface area contributed by atoms with Gasteiger partial charge in [0.1, 0.15) is 0 Å². The molecule has 25 heavy (non-hydrogen) atoms. The zero-order chi connectivity index (χ0) is 18.8. The summed E-state index contributed by atoms with van der Waals surface area (Å²) >= 11 is 0. The second-order valence-electron chi connectivity index (χ2n) is 5.44. The number of halogens is 3. The first-order valence-electron chi connectivity index (χ1n) is 7.03. The molecule has 9 heteroatoms. The standard InChI is InChI=1S/C16H15F3N2O3S/c1-10-8-13(6-7-14(10)21-25(2,23)24)20-15(22)11-4-3-5-12(9-11)16(17,18)19/h3-9,21H,1-2H3,(H,20,22). The van der Waals surface area contributed by atoms with E-state index in [-0.39, 0.29) is 5.56 Å². The van der Waals surface area contributed by atoms with Crippen LogP contribution in [0.3, 0.4) is 0 Å². The molecule has 2 aromatic rings. The molecule has 0 heterocycles. The number of nitrogens with one attached hydrogen (secondary N) is 2. The van der Waals surface area contributed by atoms with E-state index in [9.17, 15) is 26.4 Å². The van der Waals surface area contributed by atoms with Crippen molar-refractivity contribution < 1.29 is 26.4 Å². The molecule has 5 nitrogen and oxygen atoms in total. The van der Waals surface area contributed by atoms with Crippen LogP contribution in [0, 0.1) is 6.92 Å². The summed E-state index contributed by atoms with van der Waals surface area (Å²) in [6.07, 6.45) is -3.53. The third kappa shape index (κ3) is 5.21. The molecule has 0 fully saturated rings. The number of benzene rings is 2. The van der Waals surface area contributed by atoms with E-state index in [0.717, 1.165) is 24.5 Å². The third-order valence-corrected chi connectivity index (χ3v) is 3.82. The Morgan fingerprint density at radius 3 is 2.32 bits per heavy atom. The average Bonchev–Trinajstić information content (AvgIpc) is 2.48. The van der Waals surface area contributed by atoms with Crippen molar-refractivity contribution >= 4 is 27.3 Å². The summed E-state index contributed by atoms with van der Waals surface area (Å²) in [5.41, 5.74) is 0.181. The average molecular weight is 372 g/mol. The smallest absolute Gasteiger partial charge is 0.322 e. The number of aryl methyl sites for hydroxylation is 1. The lowest BCUT2D eigenvalue weighted by atomic mass is 10.1. The predicted octanol–water partition coefficient (Wildman–Crippen LogP) is 3.64. The van der Waals surface area contributed by atoms with E-state index in [4.69, 9.17) is 0 Å². The predicted molar refractivity (Wildman–Crippen MR) is 89.0 cm³/mol.